The lowest BCUT2D eigenvalue weighted by molar-refractivity contribution is 0.830. The molecule has 0 saturated heterocycles. The summed E-state index contributed by atoms with van der Waals surface area (Å²) in [6.45, 7) is 0.705. The third kappa shape index (κ3) is 2.44. The zero-order chi connectivity index (χ0) is 11.2. The van der Waals surface area contributed by atoms with Crippen LogP contribution in [0.25, 0.3) is 11.4 Å². The number of nitrogens with zero attached hydrogens (tertiary/aromatic N) is 2. The zero-order valence-electron chi connectivity index (χ0n) is 9.13. The molecule has 0 saturated carbocycles. The van der Waals surface area contributed by atoms with Gasteiger partial charge in [-0.2, -0.15) is 0 Å². The van der Waals surface area contributed by atoms with Gasteiger partial charge in [0.15, 0.2) is 0 Å². The fraction of sp³-hybridized carbons (Fsp3) is 0.231. The van der Waals surface area contributed by atoms with Crippen LogP contribution in [-0.4, -0.2) is 16.5 Å². The van der Waals surface area contributed by atoms with Crippen LogP contribution < -0.4 is 5.73 Å². The molecule has 0 radical (unpaired) electrons. The lowest BCUT2D eigenvalue weighted by atomic mass is 10.1. The third-order valence-electron chi connectivity index (χ3n) is 2.45. The highest BCUT2D eigenvalue weighted by Crippen LogP contribution is 2.19. The van der Waals surface area contributed by atoms with Crippen LogP contribution in [0.15, 0.2) is 42.7 Å². The van der Waals surface area contributed by atoms with Gasteiger partial charge in [-0.25, -0.2) is 0 Å². The predicted octanol–water partition coefficient (Wildman–Crippen LogP) is 2.03. The molecule has 2 N–H and O–H groups in total. The number of hydrogen-bond acceptors (Lipinski definition) is 3. The van der Waals surface area contributed by atoms with Gasteiger partial charge < -0.3 is 5.73 Å². The Balaban J connectivity index is 2.33. The van der Waals surface area contributed by atoms with Crippen molar-refractivity contribution < 1.29 is 0 Å². The molecular formula is C13H15N3. The van der Waals surface area contributed by atoms with E-state index < -0.39 is 0 Å². The van der Waals surface area contributed by atoms with E-state index in [-0.39, 0.29) is 0 Å². The number of rotatable bonds is 4. The van der Waals surface area contributed by atoms with E-state index in [1.54, 1.807) is 12.4 Å². The zero-order valence-corrected chi connectivity index (χ0v) is 9.13. The molecule has 0 aromatic carbocycles. The van der Waals surface area contributed by atoms with Crippen molar-refractivity contribution >= 4 is 0 Å². The summed E-state index contributed by atoms with van der Waals surface area (Å²) in [5.74, 6) is 0. The first-order valence-corrected chi connectivity index (χ1v) is 5.47. The van der Waals surface area contributed by atoms with Crippen LogP contribution in [0.1, 0.15) is 12.0 Å². The highest BCUT2D eigenvalue weighted by atomic mass is 14.8. The lowest BCUT2D eigenvalue weighted by Gasteiger charge is -2.06. The second kappa shape index (κ2) is 5.37. The van der Waals surface area contributed by atoms with Gasteiger partial charge in [0.2, 0.25) is 0 Å². The van der Waals surface area contributed by atoms with Crippen molar-refractivity contribution in [1.82, 2.24) is 9.97 Å². The summed E-state index contributed by atoms with van der Waals surface area (Å²) in [4.78, 5) is 8.72. The molecule has 3 nitrogen and oxygen atoms in total. The fourth-order valence-electron chi connectivity index (χ4n) is 1.67. The van der Waals surface area contributed by atoms with Crippen molar-refractivity contribution in [3.63, 3.8) is 0 Å². The number of hydrogen-bond donors (Lipinski definition) is 1. The van der Waals surface area contributed by atoms with E-state index in [0.717, 1.165) is 24.2 Å². The molecule has 16 heavy (non-hydrogen) atoms. The molecule has 0 aliphatic carbocycles. The van der Waals surface area contributed by atoms with E-state index in [2.05, 4.69) is 16.0 Å². The van der Waals surface area contributed by atoms with Crippen LogP contribution in [0, 0.1) is 0 Å². The summed E-state index contributed by atoms with van der Waals surface area (Å²) in [5.41, 5.74) is 8.64. The molecular weight excluding hydrogens is 198 g/mol. The average molecular weight is 213 g/mol. The summed E-state index contributed by atoms with van der Waals surface area (Å²) in [5, 5.41) is 0. The summed E-state index contributed by atoms with van der Waals surface area (Å²) in [6, 6.07) is 9.91. The minimum Gasteiger partial charge on any atom is -0.330 e. The van der Waals surface area contributed by atoms with Gasteiger partial charge in [-0.15, -0.1) is 0 Å². The Hall–Kier alpha value is -1.74. The molecule has 0 spiro atoms. The Kier molecular flexibility index (Phi) is 3.62. The second-order valence-corrected chi connectivity index (χ2v) is 3.62. The average Bonchev–Trinajstić information content (AvgIpc) is 2.38. The minimum atomic E-state index is 0.705. The van der Waals surface area contributed by atoms with E-state index in [1.165, 1.54) is 5.56 Å². The van der Waals surface area contributed by atoms with Gasteiger partial charge in [-0.1, -0.05) is 12.1 Å². The monoisotopic (exact) mass is 213 g/mol. The molecule has 2 rings (SSSR count). The van der Waals surface area contributed by atoms with E-state index in [1.807, 2.05) is 24.3 Å². The fourth-order valence-corrected chi connectivity index (χ4v) is 1.67. The van der Waals surface area contributed by atoms with Gasteiger partial charge in [-0.05, 0) is 43.1 Å². The van der Waals surface area contributed by atoms with Crippen molar-refractivity contribution in [2.75, 3.05) is 6.54 Å². The van der Waals surface area contributed by atoms with Crippen molar-refractivity contribution in [2.24, 2.45) is 5.73 Å². The SMILES string of the molecule is NCCCc1cccnc1-c1ccccn1. The first-order chi connectivity index (χ1) is 7.92. The van der Waals surface area contributed by atoms with Crippen LogP contribution in [0.5, 0.6) is 0 Å². The summed E-state index contributed by atoms with van der Waals surface area (Å²) >= 11 is 0. The maximum atomic E-state index is 5.53. The Labute approximate surface area is 95.4 Å². The molecule has 0 fully saturated rings. The van der Waals surface area contributed by atoms with Gasteiger partial charge in [0.1, 0.15) is 0 Å². The van der Waals surface area contributed by atoms with Crippen LogP contribution in [-0.2, 0) is 6.42 Å². The van der Waals surface area contributed by atoms with E-state index in [9.17, 15) is 0 Å². The van der Waals surface area contributed by atoms with Crippen LogP contribution >= 0.6 is 0 Å². The van der Waals surface area contributed by atoms with Crippen LogP contribution in [0.2, 0.25) is 0 Å². The van der Waals surface area contributed by atoms with Crippen molar-refractivity contribution in [2.45, 2.75) is 12.8 Å². The Morgan fingerprint density at radius 2 is 1.88 bits per heavy atom. The Bertz CT molecular complexity index is 440. The van der Waals surface area contributed by atoms with E-state index in [0.29, 0.717) is 6.54 Å². The molecule has 0 atom stereocenters. The Morgan fingerprint density at radius 3 is 2.62 bits per heavy atom. The molecule has 0 aliphatic heterocycles. The van der Waals surface area contributed by atoms with Gasteiger partial charge in [0.05, 0.1) is 11.4 Å². The number of aryl methyl sites for hydroxylation is 1. The number of pyridine rings is 2. The Morgan fingerprint density at radius 1 is 1.00 bits per heavy atom. The molecule has 2 aromatic rings. The topological polar surface area (TPSA) is 51.8 Å². The first-order valence-electron chi connectivity index (χ1n) is 5.47. The largest absolute Gasteiger partial charge is 0.330 e. The molecule has 2 aromatic heterocycles. The molecule has 0 amide bonds. The van der Waals surface area contributed by atoms with Gasteiger partial charge in [0.25, 0.3) is 0 Å². The van der Waals surface area contributed by atoms with Crippen LogP contribution in [0.4, 0.5) is 0 Å². The minimum absolute atomic E-state index is 0.705. The van der Waals surface area contributed by atoms with Gasteiger partial charge in [0, 0.05) is 12.4 Å². The molecule has 0 unspecified atom stereocenters. The first kappa shape index (κ1) is 10.8. The maximum absolute atomic E-state index is 5.53. The van der Waals surface area contributed by atoms with Crippen molar-refractivity contribution in [1.29, 1.82) is 0 Å². The molecule has 3 heteroatoms. The number of nitrogens with two attached hydrogens (primary N) is 1. The standard InChI is InChI=1S/C13H15N3/c14-8-3-5-11-6-4-10-16-13(11)12-7-1-2-9-15-12/h1-2,4,6-7,9-10H,3,5,8,14H2. The molecule has 82 valence electrons. The molecule has 2 heterocycles. The van der Waals surface area contributed by atoms with Gasteiger partial charge in [-0.3, -0.25) is 9.97 Å². The normalized spacial score (nSPS) is 10.3. The summed E-state index contributed by atoms with van der Waals surface area (Å²) in [7, 11) is 0. The van der Waals surface area contributed by atoms with Gasteiger partial charge >= 0.3 is 0 Å². The highest BCUT2D eigenvalue weighted by Gasteiger charge is 2.05. The van der Waals surface area contributed by atoms with Crippen molar-refractivity contribution in [3.05, 3.63) is 48.3 Å². The third-order valence-corrected chi connectivity index (χ3v) is 2.45. The van der Waals surface area contributed by atoms with Crippen LogP contribution in [0.3, 0.4) is 0 Å². The molecule has 0 bridgehead atoms. The summed E-state index contributed by atoms with van der Waals surface area (Å²) < 4.78 is 0. The molecule has 0 aliphatic rings. The maximum Gasteiger partial charge on any atom is 0.0918 e. The smallest absolute Gasteiger partial charge is 0.0918 e. The number of aromatic nitrogens is 2. The second-order valence-electron chi connectivity index (χ2n) is 3.62. The predicted molar refractivity (Wildman–Crippen MR) is 64.8 cm³/mol. The summed E-state index contributed by atoms with van der Waals surface area (Å²) in [6.07, 6.45) is 5.52. The van der Waals surface area contributed by atoms with E-state index >= 15 is 0 Å². The quantitative estimate of drug-likeness (QED) is 0.845. The van der Waals surface area contributed by atoms with E-state index in [4.69, 9.17) is 5.73 Å². The van der Waals surface area contributed by atoms with Crippen molar-refractivity contribution in [3.8, 4) is 11.4 Å². The highest BCUT2D eigenvalue weighted by molar-refractivity contribution is 5.58. The lowest BCUT2D eigenvalue weighted by Crippen LogP contribution is -2.02.